The first kappa shape index (κ1) is 16.0. The Kier molecular flexibility index (Phi) is 5.15. The van der Waals surface area contributed by atoms with Crippen LogP contribution in [0.2, 0.25) is 0 Å². The number of anilines is 1. The highest BCUT2D eigenvalue weighted by atomic mass is 79.9. The smallest absolute Gasteiger partial charge is 0.387 e. The molecule has 0 aliphatic carbocycles. The zero-order valence-electron chi connectivity index (χ0n) is 10.9. The third-order valence-corrected chi connectivity index (χ3v) is 3.10. The highest BCUT2D eigenvalue weighted by molar-refractivity contribution is 9.10. The van der Waals surface area contributed by atoms with Gasteiger partial charge in [-0.25, -0.2) is 4.98 Å². The van der Waals surface area contributed by atoms with Gasteiger partial charge in [0.1, 0.15) is 17.8 Å². The first-order valence-electron chi connectivity index (χ1n) is 5.89. The number of nitro groups is 1. The molecule has 0 aliphatic heterocycles. The Morgan fingerprint density at radius 2 is 2.14 bits per heavy atom. The molecule has 0 atom stereocenters. The van der Waals surface area contributed by atoms with Gasteiger partial charge < -0.3 is 10.1 Å². The van der Waals surface area contributed by atoms with E-state index in [1.807, 2.05) is 0 Å². The number of alkyl halides is 2. The van der Waals surface area contributed by atoms with Crippen LogP contribution in [0.15, 0.2) is 35.1 Å². The molecule has 116 valence electrons. The first-order chi connectivity index (χ1) is 10.5. The second kappa shape index (κ2) is 7.07. The molecule has 0 unspecified atom stereocenters. The maximum atomic E-state index is 12.0. The summed E-state index contributed by atoms with van der Waals surface area (Å²) in [5.74, 6) is 0.369. The standard InChI is InChI=1S/C12H9BrF2N4O3/c13-10-3-8(19(20)21)5-18-11(10)17-4-7-1-2-9(6-16-7)22-12(14)15/h1-3,5-6,12H,4H2,(H,17,18). The molecule has 2 aromatic rings. The normalized spacial score (nSPS) is 10.5. The topological polar surface area (TPSA) is 90.2 Å². The lowest BCUT2D eigenvalue weighted by molar-refractivity contribution is -0.385. The first-order valence-corrected chi connectivity index (χ1v) is 6.68. The fourth-order valence-corrected chi connectivity index (χ4v) is 2.00. The van der Waals surface area contributed by atoms with Gasteiger partial charge in [-0.2, -0.15) is 8.78 Å². The fraction of sp³-hybridized carbons (Fsp3) is 0.167. The van der Waals surface area contributed by atoms with Gasteiger partial charge in [-0.1, -0.05) is 0 Å². The van der Waals surface area contributed by atoms with E-state index in [2.05, 4.69) is 36.0 Å². The van der Waals surface area contributed by atoms with E-state index in [1.165, 1.54) is 24.4 Å². The molecule has 22 heavy (non-hydrogen) atoms. The molecule has 0 radical (unpaired) electrons. The van der Waals surface area contributed by atoms with Gasteiger partial charge in [0.15, 0.2) is 0 Å². The van der Waals surface area contributed by atoms with E-state index in [0.717, 1.165) is 6.20 Å². The number of rotatable bonds is 6. The summed E-state index contributed by atoms with van der Waals surface area (Å²) < 4.78 is 28.6. The molecule has 1 N–H and O–H groups in total. The van der Waals surface area contributed by atoms with E-state index in [4.69, 9.17) is 0 Å². The van der Waals surface area contributed by atoms with E-state index >= 15 is 0 Å². The zero-order valence-corrected chi connectivity index (χ0v) is 12.5. The fourth-order valence-electron chi connectivity index (χ4n) is 1.52. The Hall–Kier alpha value is -2.36. The molecule has 0 saturated heterocycles. The van der Waals surface area contributed by atoms with Crippen LogP contribution in [-0.4, -0.2) is 21.5 Å². The Balaban J connectivity index is 1.99. The predicted octanol–water partition coefficient (Wildman–Crippen LogP) is 3.36. The molecule has 2 aromatic heterocycles. The Morgan fingerprint density at radius 3 is 2.68 bits per heavy atom. The zero-order chi connectivity index (χ0) is 16.1. The summed E-state index contributed by atoms with van der Waals surface area (Å²) in [5.41, 5.74) is 0.428. The number of halogens is 3. The van der Waals surface area contributed by atoms with Crippen molar-refractivity contribution < 1.29 is 18.4 Å². The van der Waals surface area contributed by atoms with Crippen LogP contribution in [-0.2, 0) is 6.54 Å². The average Bonchev–Trinajstić information content (AvgIpc) is 2.46. The van der Waals surface area contributed by atoms with Crippen molar-refractivity contribution in [1.82, 2.24) is 9.97 Å². The van der Waals surface area contributed by atoms with Gasteiger partial charge in [0, 0.05) is 6.07 Å². The van der Waals surface area contributed by atoms with Crippen LogP contribution < -0.4 is 10.1 Å². The quantitative estimate of drug-likeness (QED) is 0.615. The minimum Gasteiger partial charge on any atom is -0.433 e. The molecule has 2 rings (SSSR count). The highest BCUT2D eigenvalue weighted by Crippen LogP contribution is 2.24. The summed E-state index contributed by atoms with van der Waals surface area (Å²) in [6.45, 7) is -2.63. The largest absolute Gasteiger partial charge is 0.433 e. The number of hydrogen-bond donors (Lipinski definition) is 1. The second-order valence-electron chi connectivity index (χ2n) is 4.00. The molecule has 0 aliphatic rings. The molecule has 0 amide bonds. The molecule has 10 heteroatoms. The van der Waals surface area contributed by atoms with Crippen molar-refractivity contribution in [3.8, 4) is 5.75 Å². The number of ether oxygens (including phenoxy) is 1. The summed E-state index contributed by atoms with van der Waals surface area (Å²) in [6.07, 6.45) is 2.31. The summed E-state index contributed by atoms with van der Waals surface area (Å²) in [6, 6.07) is 4.21. The number of nitrogens with zero attached hydrogens (tertiary/aromatic N) is 3. The van der Waals surface area contributed by atoms with Crippen molar-refractivity contribution in [2.45, 2.75) is 13.2 Å². The van der Waals surface area contributed by atoms with Crippen molar-refractivity contribution in [2.24, 2.45) is 0 Å². The molecule has 0 aromatic carbocycles. The van der Waals surface area contributed by atoms with Crippen molar-refractivity contribution in [3.63, 3.8) is 0 Å². The highest BCUT2D eigenvalue weighted by Gasteiger charge is 2.10. The van der Waals surface area contributed by atoms with Crippen LogP contribution in [0.1, 0.15) is 5.69 Å². The van der Waals surface area contributed by atoms with Crippen LogP contribution >= 0.6 is 15.9 Å². The lowest BCUT2D eigenvalue weighted by Gasteiger charge is -2.08. The van der Waals surface area contributed by atoms with E-state index < -0.39 is 11.5 Å². The number of aromatic nitrogens is 2. The molecule has 7 nitrogen and oxygen atoms in total. The lowest BCUT2D eigenvalue weighted by atomic mass is 10.3. The lowest BCUT2D eigenvalue weighted by Crippen LogP contribution is -2.06. The Labute approximate surface area is 131 Å². The number of nitrogens with one attached hydrogen (secondary N) is 1. The van der Waals surface area contributed by atoms with Gasteiger partial charge in [0.25, 0.3) is 5.69 Å². The average molecular weight is 375 g/mol. The predicted molar refractivity (Wildman–Crippen MR) is 76.8 cm³/mol. The van der Waals surface area contributed by atoms with Gasteiger partial charge in [0.05, 0.1) is 27.8 Å². The molecule has 2 heterocycles. The van der Waals surface area contributed by atoms with Crippen LogP contribution in [0.25, 0.3) is 0 Å². The van der Waals surface area contributed by atoms with Crippen LogP contribution in [0.3, 0.4) is 0 Å². The van der Waals surface area contributed by atoms with Gasteiger partial charge >= 0.3 is 6.61 Å². The van der Waals surface area contributed by atoms with Gasteiger partial charge in [-0.05, 0) is 28.1 Å². The van der Waals surface area contributed by atoms with Crippen molar-refractivity contribution in [3.05, 3.63) is 50.9 Å². The van der Waals surface area contributed by atoms with Crippen molar-refractivity contribution >= 4 is 27.4 Å². The summed E-state index contributed by atoms with van der Waals surface area (Å²) in [5, 5.41) is 13.5. The van der Waals surface area contributed by atoms with Crippen molar-refractivity contribution in [2.75, 3.05) is 5.32 Å². The minimum atomic E-state index is -2.90. The van der Waals surface area contributed by atoms with Gasteiger partial charge in [-0.3, -0.25) is 15.1 Å². The van der Waals surface area contributed by atoms with Crippen molar-refractivity contribution in [1.29, 1.82) is 0 Å². The van der Waals surface area contributed by atoms with E-state index in [1.54, 1.807) is 0 Å². The summed E-state index contributed by atoms with van der Waals surface area (Å²) in [4.78, 5) is 17.9. The minimum absolute atomic E-state index is 0.0339. The van der Waals surface area contributed by atoms with E-state index in [9.17, 15) is 18.9 Å². The molecule has 0 saturated carbocycles. The molecular weight excluding hydrogens is 366 g/mol. The molecule has 0 bridgehead atoms. The van der Waals surface area contributed by atoms with Crippen LogP contribution in [0.5, 0.6) is 5.75 Å². The van der Waals surface area contributed by atoms with Gasteiger partial charge in [0.2, 0.25) is 0 Å². The second-order valence-corrected chi connectivity index (χ2v) is 4.85. The Morgan fingerprint density at radius 1 is 1.36 bits per heavy atom. The Bertz CT molecular complexity index is 670. The maximum Gasteiger partial charge on any atom is 0.387 e. The monoisotopic (exact) mass is 374 g/mol. The SMILES string of the molecule is O=[N+]([O-])c1cnc(NCc2ccc(OC(F)F)cn2)c(Br)c1. The maximum absolute atomic E-state index is 12.0. The number of hydrogen-bond acceptors (Lipinski definition) is 6. The summed E-state index contributed by atoms with van der Waals surface area (Å²) >= 11 is 3.17. The van der Waals surface area contributed by atoms with Crippen LogP contribution in [0, 0.1) is 10.1 Å². The van der Waals surface area contributed by atoms with E-state index in [0.29, 0.717) is 16.0 Å². The van der Waals surface area contributed by atoms with Crippen LogP contribution in [0.4, 0.5) is 20.3 Å². The number of pyridine rings is 2. The molecule has 0 spiro atoms. The van der Waals surface area contributed by atoms with Gasteiger partial charge in [-0.15, -0.1) is 0 Å². The van der Waals surface area contributed by atoms with E-state index in [-0.39, 0.29) is 18.0 Å². The third kappa shape index (κ3) is 4.32. The molecule has 0 fully saturated rings. The third-order valence-electron chi connectivity index (χ3n) is 2.50. The summed E-state index contributed by atoms with van der Waals surface area (Å²) in [7, 11) is 0. The molecular formula is C12H9BrF2N4O3.